The van der Waals surface area contributed by atoms with E-state index in [1.54, 1.807) is 36.5 Å². The van der Waals surface area contributed by atoms with Gasteiger partial charge in [-0.25, -0.2) is 9.97 Å². The molecule has 108 valence electrons. The standard InChI is InChI=1S/C12H8BrClN4O2S/c13-9-5-4-8(7-15-9)17-21(19,20)12-11(14)16-10-3-1-2-6-18(10)12/h1-7,17H. The van der Waals surface area contributed by atoms with E-state index in [1.165, 1.54) is 10.6 Å². The molecule has 0 aliphatic heterocycles. The predicted octanol–water partition coefficient (Wildman–Crippen LogP) is 2.95. The smallest absolute Gasteiger partial charge is 0.281 e. The number of aromatic nitrogens is 3. The quantitative estimate of drug-likeness (QED) is 0.701. The topological polar surface area (TPSA) is 76.4 Å². The van der Waals surface area contributed by atoms with E-state index in [0.29, 0.717) is 15.9 Å². The summed E-state index contributed by atoms with van der Waals surface area (Å²) in [5.74, 6) is 0. The Kier molecular flexibility index (Phi) is 3.60. The molecule has 0 fully saturated rings. The van der Waals surface area contributed by atoms with E-state index in [0.717, 1.165) is 0 Å². The summed E-state index contributed by atoms with van der Waals surface area (Å²) in [5.41, 5.74) is 0.789. The Morgan fingerprint density at radius 3 is 2.76 bits per heavy atom. The van der Waals surface area contributed by atoms with Gasteiger partial charge in [-0.05, 0) is 40.2 Å². The molecule has 0 aliphatic carbocycles. The zero-order valence-electron chi connectivity index (χ0n) is 10.4. The molecule has 0 aliphatic rings. The Morgan fingerprint density at radius 1 is 1.24 bits per heavy atom. The number of imidazole rings is 1. The van der Waals surface area contributed by atoms with Gasteiger partial charge in [-0.2, -0.15) is 8.42 Å². The minimum absolute atomic E-state index is 0.0845. The molecular formula is C12H8BrClN4O2S. The number of halogens is 2. The number of rotatable bonds is 3. The van der Waals surface area contributed by atoms with Crippen molar-refractivity contribution in [2.24, 2.45) is 0 Å². The molecule has 0 saturated heterocycles. The minimum atomic E-state index is -3.88. The number of pyridine rings is 2. The Hall–Kier alpha value is -1.64. The van der Waals surface area contributed by atoms with Crippen molar-refractivity contribution in [1.82, 2.24) is 14.4 Å². The van der Waals surface area contributed by atoms with E-state index in [9.17, 15) is 8.42 Å². The van der Waals surface area contributed by atoms with Crippen LogP contribution in [0.3, 0.4) is 0 Å². The van der Waals surface area contributed by atoms with Crippen LogP contribution in [0.2, 0.25) is 5.15 Å². The maximum absolute atomic E-state index is 12.5. The highest BCUT2D eigenvalue weighted by Gasteiger charge is 2.24. The second-order valence-electron chi connectivity index (χ2n) is 4.11. The molecule has 0 spiro atoms. The Labute approximate surface area is 134 Å². The van der Waals surface area contributed by atoms with Gasteiger partial charge >= 0.3 is 0 Å². The van der Waals surface area contributed by atoms with Crippen LogP contribution in [0.1, 0.15) is 0 Å². The first kappa shape index (κ1) is 14.3. The molecule has 0 unspecified atom stereocenters. The summed E-state index contributed by atoms with van der Waals surface area (Å²) in [6.07, 6.45) is 2.99. The van der Waals surface area contributed by atoms with Crippen LogP contribution in [0.4, 0.5) is 5.69 Å². The highest BCUT2D eigenvalue weighted by atomic mass is 79.9. The Bertz CT molecular complexity index is 909. The van der Waals surface area contributed by atoms with Crippen LogP contribution >= 0.6 is 27.5 Å². The van der Waals surface area contributed by atoms with Crippen molar-refractivity contribution in [3.8, 4) is 0 Å². The average molecular weight is 388 g/mol. The number of sulfonamides is 1. The molecule has 21 heavy (non-hydrogen) atoms. The summed E-state index contributed by atoms with van der Waals surface area (Å²) < 4.78 is 29.4. The molecule has 3 aromatic rings. The third-order valence-electron chi connectivity index (χ3n) is 2.68. The highest BCUT2D eigenvalue weighted by Crippen LogP contribution is 2.24. The fourth-order valence-electron chi connectivity index (χ4n) is 1.82. The summed E-state index contributed by atoms with van der Waals surface area (Å²) in [6, 6.07) is 8.35. The van der Waals surface area contributed by atoms with Gasteiger partial charge in [0, 0.05) is 6.20 Å². The van der Waals surface area contributed by atoms with E-state index < -0.39 is 10.0 Å². The fraction of sp³-hybridized carbons (Fsp3) is 0. The number of hydrogen-bond acceptors (Lipinski definition) is 4. The van der Waals surface area contributed by atoms with Gasteiger partial charge in [-0.1, -0.05) is 17.7 Å². The first-order valence-electron chi connectivity index (χ1n) is 5.74. The molecule has 0 aromatic carbocycles. The lowest BCUT2D eigenvalue weighted by molar-refractivity contribution is 0.596. The maximum atomic E-state index is 12.5. The van der Waals surface area contributed by atoms with Crippen molar-refractivity contribution in [1.29, 1.82) is 0 Å². The van der Waals surface area contributed by atoms with E-state index in [1.807, 2.05) is 0 Å². The molecule has 6 nitrogen and oxygen atoms in total. The molecule has 0 bridgehead atoms. The molecule has 0 saturated carbocycles. The van der Waals surface area contributed by atoms with Gasteiger partial charge in [0.1, 0.15) is 10.3 Å². The zero-order chi connectivity index (χ0) is 15.0. The largest absolute Gasteiger partial charge is 0.288 e. The number of anilines is 1. The molecular weight excluding hydrogens is 380 g/mol. The molecule has 0 amide bonds. The van der Waals surface area contributed by atoms with Crippen LogP contribution in [0.25, 0.3) is 5.65 Å². The first-order valence-corrected chi connectivity index (χ1v) is 8.40. The lowest BCUT2D eigenvalue weighted by Gasteiger charge is -2.07. The zero-order valence-corrected chi connectivity index (χ0v) is 13.5. The normalized spacial score (nSPS) is 11.7. The van der Waals surface area contributed by atoms with Crippen molar-refractivity contribution >= 4 is 48.9 Å². The lowest BCUT2D eigenvalue weighted by Crippen LogP contribution is -2.15. The van der Waals surface area contributed by atoms with E-state index >= 15 is 0 Å². The van der Waals surface area contributed by atoms with Crippen molar-refractivity contribution < 1.29 is 8.42 Å². The summed E-state index contributed by atoms with van der Waals surface area (Å²) in [5, 5.41) is -0.193. The maximum Gasteiger partial charge on any atom is 0.281 e. The molecule has 1 N–H and O–H groups in total. The third kappa shape index (κ3) is 2.74. The number of fused-ring (bicyclic) bond motifs is 1. The summed E-state index contributed by atoms with van der Waals surface area (Å²) in [4.78, 5) is 7.98. The van der Waals surface area contributed by atoms with Crippen LogP contribution in [0.15, 0.2) is 52.4 Å². The predicted molar refractivity (Wildman–Crippen MR) is 82.9 cm³/mol. The Morgan fingerprint density at radius 2 is 2.05 bits per heavy atom. The average Bonchev–Trinajstić information content (AvgIpc) is 2.77. The van der Waals surface area contributed by atoms with Crippen molar-refractivity contribution in [3.05, 3.63) is 52.5 Å². The van der Waals surface area contributed by atoms with E-state index in [4.69, 9.17) is 11.6 Å². The summed E-state index contributed by atoms with van der Waals surface area (Å²) in [6.45, 7) is 0. The molecule has 9 heteroatoms. The number of hydrogen-bond donors (Lipinski definition) is 1. The molecule has 0 radical (unpaired) electrons. The third-order valence-corrected chi connectivity index (χ3v) is 4.93. The highest BCUT2D eigenvalue weighted by molar-refractivity contribution is 9.10. The van der Waals surface area contributed by atoms with Gasteiger partial charge in [-0.15, -0.1) is 0 Å². The molecule has 0 atom stereocenters. The minimum Gasteiger partial charge on any atom is -0.288 e. The van der Waals surface area contributed by atoms with Gasteiger partial charge in [0.05, 0.1) is 11.9 Å². The van der Waals surface area contributed by atoms with Crippen molar-refractivity contribution in [2.45, 2.75) is 5.03 Å². The van der Waals surface area contributed by atoms with Gasteiger partial charge in [0.25, 0.3) is 10.0 Å². The second-order valence-corrected chi connectivity index (χ2v) is 6.88. The number of nitrogens with one attached hydrogen (secondary N) is 1. The fourth-order valence-corrected chi connectivity index (χ4v) is 3.75. The molecule has 3 aromatic heterocycles. The summed E-state index contributed by atoms with van der Waals surface area (Å²) >= 11 is 9.15. The first-order chi connectivity index (χ1) is 9.97. The van der Waals surface area contributed by atoms with Crippen molar-refractivity contribution in [2.75, 3.05) is 4.72 Å². The Balaban J connectivity index is 2.08. The lowest BCUT2D eigenvalue weighted by atomic mass is 10.4. The number of nitrogens with zero attached hydrogens (tertiary/aromatic N) is 3. The van der Waals surface area contributed by atoms with E-state index in [2.05, 4.69) is 30.6 Å². The van der Waals surface area contributed by atoms with Crippen LogP contribution in [0.5, 0.6) is 0 Å². The summed E-state index contributed by atoms with van der Waals surface area (Å²) in [7, 11) is -3.88. The van der Waals surface area contributed by atoms with Gasteiger partial charge in [-0.3, -0.25) is 9.12 Å². The van der Waals surface area contributed by atoms with Gasteiger partial charge in [0.15, 0.2) is 10.2 Å². The van der Waals surface area contributed by atoms with Crippen LogP contribution < -0.4 is 4.72 Å². The van der Waals surface area contributed by atoms with Gasteiger partial charge in [0.2, 0.25) is 0 Å². The van der Waals surface area contributed by atoms with Crippen LogP contribution in [-0.2, 0) is 10.0 Å². The van der Waals surface area contributed by atoms with Crippen molar-refractivity contribution in [3.63, 3.8) is 0 Å². The second kappa shape index (κ2) is 5.28. The van der Waals surface area contributed by atoms with Crippen LogP contribution in [-0.4, -0.2) is 22.8 Å². The molecule has 3 heterocycles. The van der Waals surface area contributed by atoms with Crippen LogP contribution in [0, 0.1) is 0 Å². The monoisotopic (exact) mass is 386 g/mol. The van der Waals surface area contributed by atoms with E-state index in [-0.39, 0.29) is 10.2 Å². The SMILES string of the molecule is O=S(=O)(Nc1ccc(Br)nc1)c1c(Cl)nc2ccccn12. The molecule has 3 rings (SSSR count). The van der Waals surface area contributed by atoms with Gasteiger partial charge < -0.3 is 0 Å².